The lowest BCUT2D eigenvalue weighted by Gasteiger charge is -2.35. The van der Waals surface area contributed by atoms with E-state index < -0.39 is 11.2 Å². The minimum Gasteiger partial charge on any atom is -0.444 e. The van der Waals surface area contributed by atoms with Crippen molar-refractivity contribution in [2.24, 2.45) is 5.92 Å². The highest BCUT2D eigenvalue weighted by Gasteiger charge is 2.30. The van der Waals surface area contributed by atoms with Crippen LogP contribution in [0, 0.1) is 5.92 Å². The summed E-state index contributed by atoms with van der Waals surface area (Å²) in [5.41, 5.74) is -0.878. The normalized spacial score (nSPS) is 14.8. The predicted molar refractivity (Wildman–Crippen MR) is 95.7 cm³/mol. The number of carbonyl (C=O) groups excluding carboxylic acids is 1. The maximum Gasteiger partial charge on any atom is 0.410 e. The summed E-state index contributed by atoms with van der Waals surface area (Å²) in [4.78, 5) is 13.9. The van der Waals surface area contributed by atoms with E-state index in [4.69, 9.17) is 9.47 Å². The second-order valence-electron chi connectivity index (χ2n) is 7.46. The zero-order valence-corrected chi connectivity index (χ0v) is 17.0. The molecule has 22 heavy (non-hydrogen) atoms. The van der Waals surface area contributed by atoms with E-state index in [1.54, 1.807) is 4.90 Å². The molecule has 5 heteroatoms. The fourth-order valence-corrected chi connectivity index (χ4v) is 2.31. The molecule has 0 saturated heterocycles. The number of nitrogens with zero attached hydrogens (tertiary/aromatic N) is 1. The summed E-state index contributed by atoms with van der Waals surface area (Å²) in [6.45, 7) is 15.9. The molecule has 4 nitrogen and oxygen atoms in total. The molecule has 0 aromatic carbocycles. The van der Waals surface area contributed by atoms with Gasteiger partial charge in [-0.3, -0.25) is 0 Å². The SMILES string of the molecule is CCN(CC(C)(CBr)OCCCC(C)C)C(=O)OC(C)(C)C. The van der Waals surface area contributed by atoms with E-state index in [2.05, 4.69) is 29.8 Å². The summed E-state index contributed by atoms with van der Waals surface area (Å²) in [6.07, 6.45) is 1.91. The van der Waals surface area contributed by atoms with Gasteiger partial charge in [-0.2, -0.15) is 0 Å². The average molecular weight is 380 g/mol. The fraction of sp³-hybridized carbons (Fsp3) is 0.941. The van der Waals surface area contributed by atoms with Gasteiger partial charge in [-0.25, -0.2) is 4.79 Å². The maximum atomic E-state index is 12.2. The second kappa shape index (κ2) is 9.76. The monoisotopic (exact) mass is 379 g/mol. The van der Waals surface area contributed by atoms with Crippen LogP contribution in [0.5, 0.6) is 0 Å². The van der Waals surface area contributed by atoms with E-state index in [0.717, 1.165) is 12.8 Å². The fourth-order valence-electron chi connectivity index (χ4n) is 1.97. The Labute approximate surface area is 145 Å². The highest BCUT2D eigenvalue weighted by Crippen LogP contribution is 2.19. The number of ether oxygens (including phenoxy) is 2. The number of hydrogen-bond donors (Lipinski definition) is 0. The zero-order valence-electron chi connectivity index (χ0n) is 15.4. The van der Waals surface area contributed by atoms with Crippen molar-refractivity contribution in [2.45, 2.75) is 72.5 Å². The van der Waals surface area contributed by atoms with E-state index in [9.17, 15) is 4.79 Å². The van der Waals surface area contributed by atoms with E-state index in [1.165, 1.54) is 0 Å². The lowest BCUT2D eigenvalue weighted by Crippen LogP contribution is -2.48. The van der Waals surface area contributed by atoms with Crippen LogP contribution < -0.4 is 0 Å². The first-order valence-corrected chi connectivity index (χ1v) is 9.33. The van der Waals surface area contributed by atoms with Crippen molar-refractivity contribution in [3.8, 4) is 0 Å². The molecule has 0 radical (unpaired) electrons. The van der Waals surface area contributed by atoms with E-state index in [-0.39, 0.29) is 6.09 Å². The summed E-state index contributed by atoms with van der Waals surface area (Å²) < 4.78 is 11.5. The van der Waals surface area contributed by atoms with Gasteiger partial charge in [0.25, 0.3) is 0 Å². The van der Waals surface area contributed by atoms with Crippen LogP contribution in [0.3, 0.4) is 0 Å². The van der Waals surface area contributed by atoms with Gasteiger partial charge in [0.2, 0.25) is 0 Å². The number of alkyl halides is 1. The molecule has 0 aliphatic heterocycles. The van der Waals surface area contributed by atoms with Gasteiger partial charge in [0.05, 0.1) is 12.1 Å². The van der Waals surface area contributed by atoms with Gasteiger partial charge in [0, 0.05) is 18.5 Å². The van der Waals surface area contributed by atoms with Gasteiger partial charge < -0.3 is 14.4 Å². The Morgan fingerprint density at radius 1 is 1.23 bits per heavy atom. The molecule has 0 fully saturated rings. The Hall–Kier alpha value is -0.290. The van der Waals surface area contributed by atoms with E-state index in [0.29, 0.717) is 30.9 Å². The Bertz CT molecular complexity index is 328. The second-order valence-corrected chi connectivity index (χ2v) is 8.02. The van der Waals surface area contributed by atoms with Crippen LogP contribution in [-0.4, -0.2) is 47.2 Å². The first-order valence-electron chi connectivity index (χ1n) is 8.21. The van der Waals surface area contributed by atoms with Crippen LogP contribution in [0.1, 0.15) is 61.3 Å². The first kappa shape index (κ1) is 21.7. The minimum absolute atomic E-state index is 0.284. The lowest BCUT2D eigenvalue weighted by molar-refractivity contribution is -0.0438. The molecule has 0 saturated carbocycles. The number of hydrogen-bond acceptors (Lipinski definition) is 3. The molecule has 1 atom stereocenters. The number of amides is 1. The van der Waals surface area contributed by atoms with E-state index >= 15 is 0 Å². The van der Waals surface area contributed by atoms with Gasteiger partial charge in [-0.1, -0.05) is 29.8 Å². The number of halogens is 1. The van der Waals surface area contributed by atoms with Gasteiger partial charge in [-0.15, -0.1) is 0 Å². The first-order chi connectivity index (χ1) is 10.0. The highest BCUT2D eigenvalue weighted by molar-refractivity contribution is 9.09. The van der Waals surface area contributed by atoms with Crippen LogP contribution in [0.2, 0.25) is 0 Å². The third-order valence-corrected chi connectivity index (χ3v) is 4.40. The molecule has 132 valence electrons. The third-order valence-electron chi connectivity index (χ3n) is 3.22. The smallest absolute Gasteiger partial charge is 0.410 e. The molecule has 0 spiro atoms. The zero-order chi connectivity index (χ0) is 17.4. The number of rotatable bonds is 9. The quantitative estimate of drug-likeness (QED) is 0.424. The standard InChI is InChI=1S/C17H34BrNO3/c1-8-19(15(20)22-16(4,5)6)13-17(7,12-18)21-11-9-10-14(2)3/h14H,8-13H2,1-7H3. The predicted octanol–water partition coefficient (Wildman–Crippen LogP) is 4.85. The summed E-state index contributed by atoms with van der Waals surface area (Å²) in [5.74, 6) is 0.688. The van der Waals surface area contributed by atoms with Gasteiger partial charge in [-0.05, 0) is 53.4 Å². The molecule has 1 amide bonds. The van der Waals surface area contributed by atoms with Crippen LogP contribution in [0.4, 0.5) is 4.79 Å². The summed E-state index contributed by atoms with van der Waals surface area (Å²) >= 11 is 3.52. The van der Waals surface area contributed by atoms with Crippen LogP contribution in [0.15, 0.2) is 0 Å². The van der Waals surface area contributed by atoms with Crippen molar-refractivity contribution < 1.29 is 14.3 Å². The van der Waals surface area contributed by atoms with E-state index in [1.807, 2.05) is 34.6 Å². The molecule has 0 aromatic heterocycles. The molecule has 0 N–H and O–H groups in total. The average Bonchev–Trinajstić information content (AvgIpc) is 2.39. The lowest BCUT2D eigenvalue weighted by atomic mass is 10.1. The van der Waals surface area contributed by atoms with Crippen molar-refractivity contribution in [2.75, 3.05) is 25.0 Å². The van der Waals surface area contributed by atoms with Crippen LogP contribution in [-0.2, 0) is 9.47 Å². The topological polar surface area (TPSA) is 38.8 Å². The van der Waals surface area contributed by atoms with Gasteiger partial charge >= 0.3 is 6.09 Å². The molecular weight excluding hydrogens is 346 g/mol. The molecule has 0 bridgehead atoms. The van der Waals surface area contributed by atoms with Crippen molar-refractivity contribution in [3.63, 3.8) is 0 Å². The van der Waals surface area contributed by atoms with Gasteiger partial charge in [0.15, 0.2) is 0 Å². The number of carbonyl (C=O) groups is 1. The highest BCUT2D eigenvalue weighted by atomic mass is 79.9. The maximum absolute atomic E-state index is 12.2. The largest absolute Gasteiger partial charge is 0.444 e. The Kier molecular flexibility index (Phi) is 9.63. The molecule has 1 unspecified atom stereocenters. The molecule has 0 aliphatic rings. The number of likely N-dealkylation sites (N-methyl/N-ethyl adjacent to an activating group) is 1. The summed E-state index contributed by atoms with van der Waals surface area (Å²) in [6, 6.07) is 0. The van der Waals surface area contributed by atoms with Crippen LogP contribution >= 0.6 is 15.9 Å². The molecule has 0 aromatic rings. The minimum atomic E-state index is -0.479. The Morgan fingerprint density at radius 3 is 2.23 bits per heavy atom. The van der Waals surface area contributed by atoms with Crippen molar-refractivity contribution in [1.29, 1.82) is 0 Å². The van der Waals surface area contributed by atoms with Crippen molar-refractivity contribution >= 4 is 22.0 Å². The Balaban J connectivity index is 4.54. The molecule has 0 rings (SSSR count). The summed E-state index contributed by atoms with van der Waals surface area (Å²) in [5, 5.41) is 0.682. The Morgan fingerprint density at radius 2 is 1.82 bits per heavy atom. The molecule has 0 aliphatic carbocycles. The van der Waals surface area contributed by atoms with Crippen molar-refractivity contribution in [1.82, 2.24) is 4.90 Å². The van der Waals surface area contributed by atoms with Crippen LogP contribution in [0.25, 0.3) is 0 Å². The van der Waals surface area contributed by atoms with Crippen molar-refractivity contribution in [3.05, 3.63) is 0 Å². The van der Waals surface area contributed by atoms with Gasteiger partial charge in [0.1, 0.15) is 5.60 Å². The summed E-state index contributed by atoms with van der Waals surface area (Å²) in [7, 11) is 0. The molecular formula is C17H34BrNO3. The molecule has 0 heterocycles. The third kappa shape index (κ3) is 9.67.